The van der Waals surface area contributed by atoms with Gasteiger partial charge in [0.25, 0.3) is 0 Å². The van der Waals surface area contributed by atoms with Crippen molar-refractivity contribution in [2.24, 2.45) is 12.8 Å². The van der Waals surface area contributed by atoms with Crippen molar-refractivity contribution in [3.05, 3.63) is 53.9 Å². The van der Waals surface area contributed by atoms with Crippen molar-refractivity contribution in [3.8, 4) is 0 Å². The Morgan fingerprint density at radius 3 is 2.62 bits per heavy atom. The third-order valence-electron chi connectivity index (χ3n) is 2.80. The molecular formula is C13H17N3. The minimum absolute atomic E-state index is 0.380. The predicted octanol–water partition coefficient (Wildman–Crippen LogP) is 1.71. The number of aryl methyl sites for hydroxylation is 1. The van der Waals surface area contributed by atoms with Gasteiger partial charge in [-0.3, -0.25) is 4.68 Å². The van der Waals surface area contributed by atoms with Crippen LogP contribution in [0.4, 0.5) is 0 Å². The molecule has 1 atom stereocenters. The van der Waals surface area contributed by atoms with E-state index in [1.165, 1.54) is 11.1 Å². The lowest BCUT2D eigenvalue weighted by molar-refractivity contribution is 0.693. The molecule has 0 fully saturated rings. The first-order chi connectivity index (χ1) is 7.79. The second kappa shape index (κ2) is 4.94. The van der Waals surface area contributed by atoms with Gasteiger partial charge in [0.05, 0.1) is 6.20 Å². The largest absolute Gasteiger partial charge is 0.330 e. The average Bonchev–Trinajstić information content (AvgIpc) is 2.73. The summed E-state index contributed by atoms with van der Waals surface area (Å²) in [6.07, 6.45) is 4.91. The van der Waals surface area contributed by atoms with Crippen molar-refractivity contribution in [3.63, 3.8) is 0 Å². The van der Waals surface area contributed by atoms with Crippen molar-refractivity contribution >= 4 is 0 Å². The highest BCUT2D eigenvalue weighted by molar-refractivity contribution is 5.22. The van der Waals surface area contributed by atoms with E-state index in [9.17, 15) is 0 Å². The zero-order chi connectivity index (χ0) is 11.4. The Bertz CT molecular complexity index is 433. The number of benzene rings is 1. The van der Waals surface area contributed by atoms with Crippen LogP contribution >= 0.6 is 0 Å². The first-order valence-corrected chi connectivity index (χ1v) is 5.52. The van der Waals surface area contributed by atoms with Gasteiger partial charge in [-0.25, -0.2) is 0 Å². The summed E-state index contributed by atoms with van der Waals surface area (Å²) in [6.45, 7) is 0.666. The van der Waals surface area contributed by atoms with Crippen LogP contribution in [0.25, 0.3) is 0 Å². The molecule has 1 aromatic heterocycles. The molecule has 0 aliphatic carbocycles. The molecule has 0 saturated carbocycles. The highest BCUT2D eigenvalue weighted by Gasteiger charge is 2.10. The smallest absolute Gasteiger partial charge is 0.0521 e. The molecule has 2 rings (SSSR count). The number of hydrogen-bond donors (Lipinski definition) is 1. The molecule has 0 amide bonds. The summed E-state index contributed by atoms with van der Waals surface area (Å²) < 4.78 is 1.83. The summed E-state index contributed by atoms with van der Waals surface area (Å²) >= 11 is 0. The van der Waals surface area contributed by atoms with Gasteiger partial charge in [-0.2, -0.15) is 5.10 Å². The van der Waals surface area contributed by atoms with Crippen molar-refractivity contribution in [1.29, 1.82) is 0 Å². The normalized spacial score (nSPS) is 12.6. The maximum atomic E-state index is 5.83. The Labute approximate surface area is 95.9 Å². The lowest BCUT2D eigenvalue weighted by Gasteiger charge is -2.13. The summed E-state index contributed by atoms with van der Waals surface area (Å²) in [7, 11) is 1.93. The van der Waals surface area contributed by atoms with E-state index in [0.717, 1.165) is 6.42 Å². The Morgan fingerprint density at radius 2 is 2.06 bits per heavy atom. The van der Waals surface area contributed by atoms with Crippen LogP contribution in [-0.2, 0) is 13.5 Å². The average molecular weight is 215 g/mol. The molecule has 0 bridgehead atoms. The Kier molecular flexibility index (Phi) is 3.37. The van der Waals surface area contributed by atoms with E-state index < -0.39 is 0 Å². The van der Waals surface area contributed by atoms with Crippen LogP contribution in [-0.4, -0.2) is 16.3 Å². The minimum atomic E-state index is 0.380. The predicted molar refractivity (Wildman–Crippen MR) is 65.1 cm³/mol. The minimum Gasteiger partial charge on any atom is -0.330 e. The molecule has 0 aliphatic heterocycles. The third kappa shape index (κ3) is 2.49. The van der Waals surface area contributed by atoms with Gasteiger partial charge in [-0.15, -0.1) is 0 Å². The maximum absolute atomic E-state index is 5.83. The van der Waals surface area contributed by atoms with E-state index >= 15 is 0 Å². The first-order valence-electron chi connectivity index (χ1n) is 5.52. The third-order valence-corrected chi connectivity index (χ3v) is 2.80. The first kappa shape index (κ1) is 10.9. The second-order valence-electron chi connectivity index (χ2n) is 4.07. The van der Waals surface area contributed by atoms with Crippen molar-refractivity contribution in [2.75, 3.05) is 6.54 Å². The second-order valence-corrected chi connectivity index (χ2v) is 4.07. The molecule has 0 saturated heterocycles. The van der Waals surface area contributed by atoms with Gasteiger partial charge in [0.2, 0.25) is 0 Å². The Hall–Kier alpha value is -1.61. The summed E-state index contributed by atoms with van der Waals surface area (Å²) in [5, 5.41) is 4.17. The lowest BCUT2D eigenvalue weighted by Crippen LogP contribution is -2.14. The highest BCUT2D eigenvalue weighted by atomic mass is 15.2. The van der Waals surface area contributed by atoms with Gasteiger partial charge in [-0.05, 0) is 24.1 Å². The quantitative estimate of drug-likeness (QED) is 0.843. The van der Waals surface area contributed by atoms with Crippen molar-refractivity contribution < 1.29 is 0 Å². The standard InChI is InChI=1S/C13H17N3/c1-16-10-11(9-15-16)7-13(8-14)12-5-3-2-4-6-12/h2-6,9-10,13H,7-8,14H2,1H3. The zero-order valence-corrected chi connectivity index (χ0v) is 9.50. The molecule has 0 radical (unpaired) electrons. The summed E-state index contributed by atoms with van der Waals surface area (Å²) in [6, 6.07) is 10.4. The van der Waals surface area contributed by atoms with Crippen LogP contribution in [0.15, 0.2) is 42.7 Å². The van der Waals surface area contributed by atoms with Crippen LogP contribution in [0, 0.1) is 0 Å². The molecule has 1 unspecified atom stereocenters. The molecule has 1 heterocycles. The van der Waals surface area contributed by atoms with Gasteiger partial charge in [-0.1, -0.05) is 30.3 Å². The van der Waals surface area contributed by atoms with Crippen LogP contribution in [0.5, 0.6) is 0 Å². The van der Waals surface area contributed by atoms with Crippen LogP contribution in [0.2, 0.25) is 0 Å². The monoisotopic (exact) mass is 215 g/mol. The van der Waals surface area contributed by atoms with E-state index in [1.807, 2.05) is 30.2 Å². The van der Waals surface area contributed by atoms with Crippen LogP contribution in [0.1, 0.15) is 17.0 Å². The number of nitrogens with two attached hydrogens (primary N) is 1. The number of rotatable bonds is 4. The molecule has 0 aliphatic rings. The molecule has 2 N–H and O–H groups in total. The molecule has 3 heteroatoms. The fourth-order valence-electron chi connectivity index (χ4n) is 1.92. The van der Waals surface area contributed by atoms with Gasteiger partial charge in [0, 0.05) is 19.2 Å². The van der Waals surface area contributed by atoms with E-state index in [-0.39, 0.29) is 0 Å². The number of nitrogens with zero attached hydrogens (tertiary/aromatic N) is 2. The molecule has 84 valence electrons. The number of hydrogen-bond acceptors (Lipinski definition) is 2. The van der Waals surface area contributed by atoms with E-state index in [1.54, 1.807) is 0 Å². The van der Waals surface area contributed by atoms with Crippen molar-refractivity contribution in [1.82, 2.24) is 9.78 Å². The summed E-state index contributed by atoms with van der Waals surface area (Å²) in [5.74, 6) is 0.380. The number of aromatic nitrogens is 2. The molecule has 2 aromatic rings. The zero-order valence-electron chi connectivity index (χ0n) is 9.50. The van der Waals surface area contributed by atoms with Gasteiger partial charge in [0.1, 0.15) is 0 Å². The maximum Gasteiger partial charge on any atom is 0.0521 e. The highest BCUT2D eigenvalue weighted by Crippen LogP contribution is 2.19. The Balaban J connectivity index is 2.12. The van der Waals surface area contributed by atoms with Crippen LogP contribution in [0.3, 0.4) is 0 Å². The van der Waals surface area contributed by atoms with E-state index in [4.69, 9.17) is 5.73 Å². The van der Waals surface area contributed by atoms with Gasteiger partial charge >= 0.3 is 0 Å². The molecule has 3 nitrogen and oxygen atoms in total. The molecule has 1 aromatic carbocycles. The Morgan fingerprint density at radius 1 is 1.31 bits per heavy atom. The van der Waals surface area contributed by atoms with Crippen LogP contribution < -0.4 is 5.73 Å². The van der Waals surface area contributed by atoms with Gasteiger partial charge < -0.3 is 5.73 Å². The lowest BCUT2D eigenvalue weighted by atomic mass is 9.93. The SMILES string of the molecule is Cn1cc(CC(CN)c2ccccc2)cn1. The molecule has 16 heavy (non-hydrogen) atoms. The molecular weight excluding hydrogens is 198 g/mol. The van der Waals surface area contributed by atoms with E-state index in [2.05, 4.69) is 29.4 Å². The fraction of sp³-hybridized carbons (Fsp3) is 0.308. The summed E-state index contributed by atoms with van der Waals surface area (Å²) in [5.41, 5.74) is 8.37. The fourth-order valence-corrected chi connectivity index (χ4v) is 1.92. The van der Waals surface area contributed by atoms with E-state index in [0.29, 0.717) is 12.5 Å². The van der Waals surface area contributed by atoms with Crippen molar-refractivity contribution in [2.45, 2.75) is 12.3 Å². The molecule has 0 spiro atoms. The topological polar surface area (TPSA) is 43.8 Å². The van der Waals surface area contributed by atoms with Gasteiger partial charge in [0.15, 0.2) is 0 Å². The summed E-state index contributed by atoms with van der Waals surface area (Å²) in [4.78, 5) is 0.